The van der Waals surface area contributed by atoms with Gasteiger partial charge in [0.2, 0.25) is 0 Å². The van der Waals surface area contributed by atoms with Crippen molar-refractivity contribution < 1.29 is 4.74 Å². The molecule has 0 amide bonds. The summed E-state index contributed by atoms with van der Waals surface area (Å²) in [6, 6.07) is 12.6. The lowest BCUT2D eigenvalue weighted by atomic mass is 9.92. The highest BCUT2D eigenvalue weighted by Crippen LogP contribution is 2.37. The molecular formula is C24H27ClO. The molecule has 0 fully saturated rings. The van der Waals surface area contributed by atoms with E-state index in [2.05, 4.69) is 64.1 Å². The largest absolute Gasteiger partial charge is 0.461 e. The average molecular weight is 367 g/mol. The predicted octanol–water partition coefficient (Wildman–Crippen LogP) is 7.64. The number of allylic oxidation sites excluding steroid dienone is 3. The van der Waals surface area contributed by atoms with Crippen LogP contribution in [0.5, 0.6) is 5.75 Å². The van der Waals surface area contributed by atoms with Gasteiger partial charge in [-0.25, -0.2) is 0 Å². The van der Waals surface area contributed by atoms with Crippen molar-refractivity contribution in [3.63, 3.8) is 0 Å². The fraction of sp³-hybridized carbons (Fsp3) is 0.333. The van der Waals surface area contributed by atoms with Crippen LogP contribution < -0.4 is 4.74 Å². The second-order valence-electron chi connectivity index (χ2n) is 7.01. The lowest BCUT2D eigenvalue weighted by Crippen LogP contribution is -1.95. The zero-order valence-corrected chi connectivity index (χ0v) is 16.9. The Kier molecular flexibility index (Phi) is 5.88. The van der Waals surface area contributed by atoms with Crippen molar-refractivity contribution in [3.8, 4) is 5.75 Å². The van der Waals surface area contributed by atoms with Crippen LogP contribution in [0.25, 0.3) is 5.57 Å². The maximum Gasteiger partial charge on any atom is 0.129 e. The van der Waals surface area contributed by atoms with Crippen LogP contribution in [0, 0.1) is 13.8 Å². The first kappa shape index (κ1) is 18.8. The SMILES string of the molecule is CCCC=C(c1ccc(OC2=C(CC)C2)c(C)c1)c1cc(Cl)ccc1C. The lowest BCUT2D eigenvalue weighted by Gasteiger charge is -2.14. The van der Waals surface area contributed by atoms with Crippen molar-refractivity contribution in [2.75, 3.05) is 0 Å². The fourth-order valence-electron chi connectivity index (χ4n) is 3.20. The molecule has 2 aromatic carbocycles. The van der Waals surface area contributed by atoms with E-state index in [1.165, 1.54) is 33.4 Å². The van der Waals surface area contributed by atoms with E-state index in [4.69, 9.17) is 16.3 Å². The van der Waals surface area contributed by atoms with Crippen molar-refractivity contribution in [1.29, 1.82) is 0 Å². The number of ether oxygens (including phenoxy) is 1. The number of halogens is 1. The van der Waals surface area contributed by atoms with E-state index in [9.17, 15) is 0 Å². The molecule has 0 aliphatic heterocycles. The molecule has 2 heteroatoms. The molecule has 2 aromatic rings. The first-order valence-corrected chi connectivity index (χ1v) is 9.87. The summed E-state index contributed by atoms with van der Waals surface area (Å²) in [4.78, 5) is 0. The summed E-state index contributed by atoms with van der Waals surface area (Å²) < 4.78 is 6.06. The summed E-state index contributed by atoms with van der Waals surface area (Å²) in [6.07, 6.45) is 6.61. The number of aryl methyl sites for hydroxylation is 2. The summed E-state index contributed by atoms with van der Waals surface area (Å²) in [5.74, 6) is 2.11. The molecule has 0 unspecified atom stereocenters. The molecule has 0 radical (unpaired) electrons. The van der Waals surface area contributed by atoms with Crippen molar-refractivity contribution >= 4 is 17.2 Å². The molecule has 0 saturated heterocycles. The van der Waals surface area contributed by atoms with Crippen LogP contribution in [-0.4, -0.2) is 0 Å². The highest BCUT2D eigenvalue weighted by Gasteiger charge is 2.22. The van der Waals surface area contributed by atoms with Gasteiger partial charge in [-0.1, -0.05) is 50.1 Å². The Bertz CT molecular complexity index is 874. The smallest absolute Gasteiger partial charge is 0.129 e. The van der Waals surface area contributed by atoms with Crippen LogP contribution in [-0.2, 0) is 0 Å². The van der Waals surface area contributed by atoms with E-state index in [0.29, 0.717) is 0 Å². The van der Waals surface area contributed by atoms with Gasteiger partial charge >= 0.3 is 0 Å². The van der Waals surface area contributed by atoms with Crippen molar-refractivity contribution in [2.45, 2.75) is 53.4 Å². The third-order valence-electron chi connectivity index (χ3n) is 4.92. The van der Waals surface area contributed by atoms with E-state index >= 15 is 0 Å². The minimum Gasteiger partial charge on any atom is -0.461 e. The van der Waals surface area contributed by atoms with E-state index < -0.39 is 0 Å². The minimum atomic E-state index is 0.775. The number of unbranched alkanes of at least 4 members (excludes halogenated alkanes) is 1. The van der Waals surface area contributed by atoms with Crippen LogP contribution in [0.3, 0.4) is 0 Å². The van der Waals surface area contributed by atoms with Crippen LogP contribution in [0.2, 0.25) is 5.02 Å². The molecule has 0 saturated carbocycles. The van der Waals surface area contributed by atoms with Crippen molar-refractivity contribution in [2.24, 2.45) is 0 Å². The third-order valence-corrected chi connectivity index (χ3v) is 5.15. The van der Waals surface area contributed by atoms with Gasteiger partial charge in [-0.15, -0.1) is 0 Å². The molecule has 1 aliphatic carbocycles. The van der Waals surface area contributed by atoms with Gasteiger partial charge in [-0.2, -0.15) is 0 Å². The maximum atomic E-state index is 6.28. The molecule has 0 bridgehead atoms. The van der Waals surface area contributed by atoms with E-state index in [-0.39, 0.29) is 0 Å². The summed E-state index contributed by atoms with van der Waals surface area (Å²) >= 11 is 6.28. The zero-order chi connectivity index (χ0) is 18.7. The normalized spacial score (nSPS) is 14.0. The van der Waals surface area contributed by atoms with Crippen LogP contribution in [0.15, 0.2) is 53.8 Å². The summed E-state index contributed by atoms with van der Waals surface area (Å²) in [5, 5.41) is 0.775. The van der Waals surface area contributed by atoms with Gasteiger partial charge in [-0.3, -0.25) is 0 Å². The second-order valence-corrected chi connectivity index (χ2v) is 7.44. The lowest BCUT2D eigenvalue weighted by molar-refractivity contribution is 0.443. The number of benzene rings is 2. The van der Waals surface area contributed by atoms with Crippen molar-refractivity contribution in [1.82, 2.24) is 0 Å². The fourth-order valence-corrected chi connectivity index (χ4v) is 3.37. The Hall–Kier alpha value is -1.99. The van der Waals surface area contributed by atoms with Gasteiger partial charge in [0.15, 0.2) is 0 Å². The quantitative estimate of drug-likeness (QED) is 0.489. The van der Waals surface area contributed by atoms with Crippen LogP contribution in [0.1, 0.15) is 61.8 Å². The number of hydrogen-bond acceptors (Lipinski definition) is 1. The highest BCUT2D eigenvalue weighted by molar-refractivity contribution is 6.30. The van der Waals surface area contributed by atoms with Gasteiger partial charge in [0.25, 0.3) is 0 Å². The standard InChI is InChI=1S/C24H27ClO/c1-5-7-8-21(22-15-20(25)11-9-16(22)3)19-10-12-23(17(4)13-19)26-24-14-18(24)6-2/h8-13,15H,5-7,14H2,1-4H3. The van der Waals surface area contributed by atoms with Gasteiger partial charge in [0.1, 0.15) is 11.5 Å². The van der Waals surface area contributed by atoms with E-state index in [0.717, 1.165) is 42.2 Å². The summed E-state index contributed by atoms with van der Waals surface area (Å²) in [5.41, 5.74) is 7.52. The topological polar surface area (TPSA) is 9.23 Å². The molecule has 0 aromatic heterocycles. The van der Waals surface area contributed by atoms with Crippen LogP contribution in [0.4, 0.5) is 0 Å². The molecule has 0 heterocycles. The molecule has 1 nitrogen and oxygen atoms in total. The summed E-state index contributed by atoms with van der Waals surface area (Å²) in [7, 11) is 0. The average Bonchev–Trinajstić information content (AvgIpc) is 3.38. The summed E-state index contributed by atoms with van der Waals surface area (Å²) in [6.45, 7) is 8.65. The highest BCUT2D eigenvalue weighted by atomic mass is 35.5. The Morgan fingerprint density at radius 1 is 1.08 bits per heavy atom. The molecular weight excluding hydrogens is 340 g/mol. The molecule has 0 N–H and O–H groups in total. The number of rotatable bonds is 7. The Balaban J connectivity index is 1.96. The van der Waals surface area contributed by atoms with Gasteiger partial charge in [-0.05, 0) is 84.4 Å². The van der Waals surface area contributed by atoms with Crippen LogP contribution >= 0.6 is 11.6 Å². The van der Waals surface area contributed by atoms with Gasteiger partial charge < -0.3 is 4.74 Å². The first-order valence-electron chi connectivity index (χ1n) is 9.50. The minimum absolute atomic E-state index is 0.775. The Morgan fingerprint density at radius 2 is 1.88 bits per heavy atom. The zero-order valence-electron chi connectivity index (χ0n) is 16.2. The second kappa shape index (κ2) is 8.14. The van der Waals surface area contributed by atoms with E-state index in [1.807, 2.05) is 6.07 Å². The maximum absolute atomic E-state index is 6.28. The molecule has 0 spiro atoms. The molecule has 26 heavy (non-hydrogen) atoms. The number of hydrogen-bond donors (Lipinski definition) is 0. The molecule has 3 rings (SSSR count). The van der Waals surface area contributed by atoms with E-state index in [1.54, 1.807) is 0 Å². The predicted molar refractivity (Wildman–Crippen MR) is 112 cm³/mol. The van der Waals surface area contributed by atoms with Crippen molar-refractivity contribution in [3.05, 3.63) is 81.1 Å². The third kappa shape index (κ3) is 4.22. The first-order chi connectivity index (χ1) is 12.5. The molecule has 136 valence electrons. The Labute approximate surface area is 162 Å². The monoisotopic (exact) mass is 366 g/mol. The molecule has 0 atom stereocenters. The van der Waals surface area contributed by atoms with Gasteiger partial charge in [0, 0.05) is 11.4 Å². The Morgan fingerprint density at radius 3 is 2.54 bits per heavy atom. The molecule has 1 aliphatic rings. The van der Waals surface area contributed by atoms with Gasteiger partial charge in [0.05, 0.1) is 0 Å².